The van der Waals surface area contributed by atoms with Crippen LogP contribution in [0.4, 0.5) is 0 Å². The number of aliphatic imine (C=N–C) groups is 1. The van der Waals surface area contributed by atoms with Gasteiger partial charge in [0, 0.05) is 18.0 Å². The second kappa shape index (κ2) is 6.23. The molecule has 2 aliphatic rings. The van der Waals surface area contributed by atoms with E-state index < -0.39 is 0 Å². The topological polar surface area (TPSA) is 34.5 Å². The van der Waals surface area contributed by atoms with Gasteiger partial charge in [0.1, 0.15) is 5.75 Å². The molecule has 0 amide bonds. The van der Waals surface area contributed by atoms with E-state index in [0.29, 0.717) is 12.0 Å². The summed E-state index contributed by atoms with van der Waals surface area (Å²) in [7, 11) is 1.71. The standard InChI is InChI=1S/C21H22N2O/c1-14-10-19(24-2)8-6-15(14)12-20-16-5-7-18(11-16)23-21(20)17-4-3-9-22-13-17/h3-4,6,8-10,12-13,16,18H,5,7,11H2,1-2H3/b20-12+/t16-,18+/m1/s1. The van der Waals surface area contributed by atoms with Gasteiger partial charge in [-0.1, -0.05) is 6.07 Å². The van der Waals surface area contributed by atoms with E-state index >= 15 is 0 Å². The Balaban J connectivity index is 1.79. The number of aryl methyl sites for hydroxylation is 1. The Bertz CT molecular complexity index is 808. The van der Waals surface area contributed by atoms with Crippen molar-refractivity contribution >= 4 is 11.8 Å². The Labute approximate surface area is 143 Å². The number of rotatable bonds is 3. The summed E-state index contributed by atoms with van der Waals surface area (Å²) in [5, 5.41) is 0. The van der Waals surface area contributed by atoms with E-state index in [2.05, 4.69) is 36.2 Å². The van der Waals surface area contributed by atoms with Gasteiger partial charge in [0.2, 0.25) is 0 Å². The maximum Gasteiger partial charge on any atom is 0.119 e. The molecule has 0 radical (unpaired) electrons. The number of ether oxygens (including phenoxy) is 1. The van der Waals surface area contributed by atoms with Crippen LogP contribution in [0.3, 0.4) is 0 Å². The van der Waals surface area contributed by atoms with Crippen molar-refractivity contribution < 1.29 is 4.74 Å². The van der Waals surface area contributed by atoms with Gasteiger partial charge >= 0.3 is 0 Å². The molecular weight excluding hydrogens is 296 g/mol. The van der Waals surface area contributed by atoms with Crippen molar-refractivity contribution in [3.63, 3.8) is 0 Å². The molecule has 0 saturated heterocycles. The summed E-state index contributed by atoms with van der Waals surface area (Å²) in [5.41, 5.74) is 6.11. The summed E-state index contributed by atoms with van der Waals surface area (Å²) in [6.07, 6.45) is 9.70. The van der Waals surface area contributed by atoms with E-state index in [1.807, 2.05) is 24.5 Å². The van der Waals surface area contributed by atoms with Gasteiger partial charge in [0.05, 0.1) is 18.9 Å². The molecule has 1 fully saturated rings. The number of fused-ring (bicyclic) bond motifs is 2. The number of pyridine rings is 1. The minimum atomic E-state index is 0.485. The maximum atomic E-state index is 5.33. The molecule has 1 aliphatic heterocycles. The van der Waals surface area contributed by atoms with Crippen LogP contribution >= 0.6 is 0 Å². The smallest absolute Gasteiger partial charge is 0.119 e. The molecule has 1 aromatic heterocycles. The highest BCUT2D eigenvalue weighted by Gasteiger charge is 2.34. The summed E-state index contributed by atoms with van der Waals surface area (Å²) in [6.45, 7) is 2.14. The van der Waals surface area contributed by atoms with Crippen LogP contribution in [0.15, 0.2) is 53.3 Å². The zero-order chi connectivity index (χ0) is 16.5. The monoisotopic (exact) mass is 318 g/mol. The first-order valence-corrected chi connectivity index (χ1v) is 8.59. The lowest BCUT2D eigenvalue weighted by atomic mass is 9.86. The first-order chi connectivity index (χ1) is 11.7. The number of aromatic nitrogens is 1. The molecule has 0 spiro atoms. The fourth-order valence-corrected chi connectivity index (χ4v) is 3.84. The Morgan fingerprint density at radius 2 is 2.12 bits per heavy atom. The van der Waals surface area contributed by atoms with Gasteiger partial charge in [-0.3, -0.25) is 9.98 Å². The SMILES string of the molecule is COc1ccc(/C=C2/C(c3cccnc3)=N[C@H]3CC[C@@H]2C3)c(C)c1. The summed E-state index contributed by atoms with van der Waals surface area (Å²) >= 11 is 0. The van der Waals surface area contributed by atoms with Crippen LogP contribution in [0.1, 0.15) is 36.0 Å². The third kappa shape index (κ3) is 2.75. The molecule has 0 N–H and O–H groups in total. The normalized spacial score (nSPS) is 24.1. The van der Waals surface area contributed by atoms with Crippen LogP contribution in [0, 0.1) is 12.8 Å². The molecule has 2 bridgehead atoms. The maximum absolute atomic E-state index is 5.33. The average molecular weight is 318 g/mol. The van der Waals surface area contributed by atoms with Gasteiger partial charge in [0.15, 0.2) is 0 Å². The molecule has 3 heteroatoms. The highest BCUT2D eigenvalue weighted by atomic mass is 16.5. The van der Waals surface area contributed by atoms with E-state index in [1.54, 1.807) is 7.11 Å². The molecule has 2 heterocycles. The van der Waals surface area contributed by atoms with Gasteiger partial charge < -0.3 is 4.74 Å². The molecule has 24 heavy (non-hydrogen) atoms. The lowest BCUT2D eigenvalue weighted by molar-refractivity contribution is 0.414. The van der Waals surface area contributed by atoms with Crippen molar-refractivity contribution in [1.29, 1.82) is 0 Å². The minimum Gasteiger partial charge on any atom is -0.497 e. The number of hydrogen-bond donors (Lipinski definition) is 0. The predicted molar refractivity (Wildman–Crippen MR) is 97.6 cm³/mol. The zero-order valence-corrected chi connectivity index (χ0v) is 14.2. The van der Waals surface area contributed by atoms with Gasteiger partial charge in [-0.25, -0.2) is 0 Å². The molecule has 122 valence electrons. The van der Waals surface area contributed by atoms with E-state index in [-0.39, 0.29) is 0 Å². The molecule has 3 nitrogen and oxygen atoms in total. The first-order valence-electron chi connectivity index (χ1n) is 8.59. The van der Waals surface area contributed by atoms with Crippen molar-refractivity contribution in [2.75, 3.05) is 7.11 Å². The van der Waals surface area contributed by atoms with Crippen LogP contribution in [0.25, 0.3) is 6.08 Å². The minimum absolute atomic E-state index is 0.485. The van der Waals surface area contributed by atoms with Crippen LogP contribution in [-0.4, -0.2) is 23.8 Å². The van der Waals surface area contributed by atoms with Crippen LogP contribution in [0.2, 0.25) is 0 Å². The van der Waals surface area contributed by atoms with Gasteiger partial charge in [-0.2, -0.15) is 0 Å². The highest BCUT2D eigenvalue weighted by Crippen LogP contribution is 2.40. The van der Waals surface area contributed by atoms with Gasteiger partial charge in [-0.05, 0) is 79.1 Å². The summed E-state index contributed by atoms with van der Waals surface area (Å²) in [6, 6.07) is 10.9. The van der Waals surface area contributed by atoms with E-state index in [9.17, 15) is 0 Å². The van der Waals surface area contributed by atoms with E-state index in [4.69, 9.17) is 9.73 Å². The average Bonchev–Trinajstić information content (AvgIpc) is 3.02. The highest BCUT2D eigenvalue weighted by molar-refractivity contribution is 6.15. The number of nitrogens with zero attached hydrogens (tertiary/aromatic N) is 2. The van der Waals surface area contributed by atoms with Crippen LogP contribution in [0.5, 0.6) is 5.75 Å². The Hall–Kier alpha value is -2.42. The van der Waals surface area contributed by atoms with Gasteiger partial charge in [0.25, 0.3) is 0 Å². The van der Waals surface area contributed by atoms with Crippen LogP contribution in [-0.2, 0) is 0 Å². The molecule has 1 aliphatic carbocycles. The first kappa shape index (κ1) is 15.1. The second-order valence-electron chi connectivity index (χ2n) is 6.71. The molecule has 1 saturated carbocycles. The number of methoxy groups -OCH3 is 1. The van der Waals surface area contributed by atoms with Crippen LogP contribution < -0.4 is 4.74 Å². The Morgan fingerprint density at radius 3 is 2.88 bits per heavy atom. The predicted octanol–water partition coefficient (Wildman–Crippen LogP) is 4.45. The molecule has 2 aromatic rings. The largest absolute Gasteiger partial charge is 0.497 e. The third-order valence-electron chi connectivity index (χ3n) is 5.15. The van der Waals surface area contributed by atoms with Gasteiger partial charge in [-0.15, -0.1) is 0 Å². The second-order valence-corrected chi connectivity index (χ2v) is 6.71. The number of benzene rings is 1. The number of hydrogen-bond acceptors (Lipinski definition) is 3. The van der Waals surface area contributed by atoms with Crippen molar-refractivity contribution in [1.82, 2.24) is 4.98 Å². The fraction of sp³-hybridized carbons (Fsp3) is 0.333. The Kier molecular flexibility index (Phi) is 3.93. The lowest BCUT2D eigenvalue weighted by Crippen LogP contribution is -2.20. The summed E-state index contributed by atoms with van der Waals surface area (Å²) in [5.74, 6) is 1.52. The van der Waals surface area contributed by atoms with E-state index in [0.717, 1.165) is 17.0 Å². The molecule has 4 rings (SSSR count). The van der Waals surface area contributed by atoms with E-state index in [1.165, 1.54) is 36.0 Å². The van der Waals surface area contributed by atoms with Crippen molar-refractivity contribution in [3.8, 4) is 5.75 Å². The molecule has 1 aromatic carbocycles. The fourth-order valence-electron chi connectivity index (χ4n) is 3.84. The quantitative estimate of drug-likeness (QED) is 0.837. The third-order valence-corrected chi connectivity index (χ3v) is 5.15. The Morgan fingerprint density at radius 1 is 1.21 bits per heavy atom. The molecule has 2 atom stereocenters. The summed E-state index contributed by atoms with van der Waals surface area (Å²) < 4.78 is 5.33. The van der Waals surface area contributed by atoms with Crippen molar-refractivity contribution in [2.24, 2.45) is 10.9 Å². The molecular formula is C21H22N2O. The molecule has 0 unspecified atom stereocenters. The van der Waals surface area contributed by atoms with Crippen molar-refractivity contribution in [2.45, 2.75) is 32.2 Å². The zero-order valence-electron chi connectivity index (χ0n) is 14.2. The van der Waals surface area contributed by atoms with Crippen molar-refractivity contribution in [3.05, 3.63) is 65.0 Å². The lowest BCUT2D eigenvalue weighted by Gasteiger charge is -2.23. The number of allylic oxidation sites excluding steroid dienone is 1. The summed E-state index contributed by atoms with van der Waals surface area (Å²) in [4.78, 5) is 9.32.